The number of sulfonamides is 1. The van der Waals surface area contributed by atoms with Gasteiger partial charge in [0.05, 0.1) is 21.0 Å². The van der Waals surface area contributed by atoms with Crippen molar-refractivity contribution in [2.24, 2.45) is 0 Å². The molecule has 0 saturated carbocycles. The average Bonchev–Trinajstić information content (AvgIpc) is 2.68. The highest BCUT2D eigenvalue weighted by atomic mass is 35.5. The molecule has 0 fully saturated rings. The summed E-state index contributed by atoms with van der Waals surface area (Å²) in [6.45, 7) is 4.31. The first-order valence-corrected chi connectivity index (χ1v) is 11.0. The van der Waals surface area contributed by atoms with Crippen LogP contribution in [0.2, 0.25) is 10.0 Å². The summed E-state index contributed by atoms with van der Waals surface area (Å²) in [5, 5.41) is 12.3. The third kappa shape index (κ3) is 6.18. The monoisotopic (exact) mass is 453 g/mol. The molecule has 2 N–H and O–H groups in total. The van der Waals surface area contributed by atoms with Gasteiger partial charge in [0.1, 0.15) is 0 Å². The van der Waals surface area contributed by atoms with Crippen LogP contribution in [0.15, 0.2) is 47.4 Å². The Morgan fingerprint density at radius 2 is 1.76 bits per heavy atom. The highest BCUT2D eigenvalue weighted by Gasteiger charge is 2.23. The second-order valence-electron chi connectivity index (χ2n) is 7.03. The lowest BCUT2D eigenvalue weighted by Gasteiger charge is -2.26. The van der Waals surface area contributed by atoms with E-state index in [1.54, 1.807) is 12.1 Å². The van der Waals surface area contributed by atoms with Crippen LogP contribution in [-0.4, -0.2) is 27.4 Å². The van der Waals surface area contributed by atoms with Gasteiger partial charge in [0.2, 0.25) is 10.0 Å². The van der Waals surface area contributed by atoms with Gasteiger partial charge in [0.15, 0.2) is 0 Å². The molecule has 0 aliphatic heterocycles. The van der Waals surface area contributed by atoms with Gasteiger partial charge < -0.3 is 5.32 Å². The predicted octanol–water partition coefficient (Wildman–Crippen LogP) is 3.89. The summed E-state index contributed by atoms with van der Waals surface area (Å²) < 4.78 is 26.6. The molecule has 0 aliphatic rings. The zero-order valence-corrected chi connectivity index (χ0v) is 18.3. The number of nitrogens with zero attached hydrogens (tertiary/aromatic N) is 1. The van der Waals surface area contributed by atoms with E-state index in [4.69, 9.17) is 28.5 Å². The molecule has 9 heteroatoms. The molecule has 0 atom stereocenters. The Labute approximate surface area is 180 Å². The summed E-state index contributed by atoms with van der Waals surface area (Å²) in [6, 6.07) is 12.8. The number of nitriles is 1. The van der Waals surface area contributed by atoms with Crippen LogP contribution in [0.3, 0.4) is 0 Å². The first-order valence-electron chi connectivity index (χ1n) is 8.77. The fraction of sp³-hybridized carbons (Fsp3) is 0.300. The van der Waals surface area contributed by atoms with Crippen molar-refractivity contribution in [2.75, 3.05) is 13.1 Å². The second-order valence-corrected chi connectivity index (χ2v) is 9.61. The zero-order valence-electron chi connectivity index (χ0n) is 16.0. The lowest BCUT2D eigenvalue weighted by Crippen LogP contribution is -2.36. The normalized spacial score (nSPS) is 11.7. The molecule has 29 heavy (non-hydrogen) atoms. The quantitative estimate of drug-likeness (QED) is 0.591. The standard InChI is InChI=1S/C20H21Cl2N3O3S/c1-20(2,15-6-9-17(21)18(22)12-15)13-24-19(26)14-4-7-16(8-5-14)29(27,28)25-11-3-10-23/h4-9,12,25H,3,11,13H2,1-2H3,(H,24,26). The average molecular weight is 454 g/mol. The topological polar surface area (TPSA) is 99.1 Å². The molecule has 154 valence electrons. The van der Waals surface area contributed by atoms with Gasteiger partial charge >= 0.3 is 0 Å². The van der Waals surface area contributed by atoms with E-state index < -0.39 is 15.4 Å². The fourth-order valence-electron chi connectivity index (χ4n) is 2.53. The Morgan fingerprint density at radius 1 is 1.10 bits per heavy atom. The molecule has 0 aliphatic carbocycles. The molecule has 0 bridgehead atoms. The van der Waals surface area contributed by atoms with Crippen molar-refractivity contribution in [3.63, 3.8) is 0 Å². The van der Waals surface area contributed by atoms with Gasteiger partial charge in [-0.05, 0) is 42.0 Å². The molecule has 1 amide bonds. The Bertz CT molecular complexity index is 1030. The van der Waals surface area contributed by atoms with Crippen LogP contribution in [0.5, 0.6) is 0 Å². The van der Waals surface area contributed by atoms with E-state index in [2.05, 4.69) is 10.0 Å². The van der Waals surface area contributed by atoms with Crippen LogP contribution in [0.4, 0.5) is 0 Å². The van der Waals surface area contributed by atoms with Crippen LogP contribution in [0.1, 0.15) is 36.2 Å². The number of hydrogen-bond acceptors (Lipinski definition) is 4. The molecule has 6 nitrogen and oxygen atoms in total. The fourth-order valence-corrected chi connectivity index (χ4v) is 3.86. The van der Waals surface area contributed by atoms with Gasteiger partial charge in [-0.2, -0.15) is 5.26 Å². The van der Waals surface area contributed by atoms with Crippen LogP contribution >= 0.6 is 23.2 Å². The Morgan fingerprint density at radius 3 is 2.34 bits per heavy atom. The molecule has 2 aromatic carbocycles. The third-order valence-corrected chi connectivity index (χ3v) is 6.56. The maximum Gasteiger partial charge on any atom is 0.251 e. The highest BCUT2D eigenvalue weighted by Crippen LogP contribution is 2.29. The third-order valence-electron chi connectivity index (χ3n) is 4.35. The van der Waals surface area contributed by atoms with Gasteiger partial charge in [-0.15, -0.1) is 0 Å². The van der Waals surface area contributed by atoms with E-state index in [1.165, 1.54) is 24.3 Å². The second kappa shape index (κ2) is 9.59. The summed E-state index contributed by atoms with van der Waals surface area (Å²) in [6.07, 6.45) is 0.0777. The summed E-state index contributed by atoms with van der Waals surface area (Å²) in [5.41, 5.74) is 0.876. The number of amides is 1. The van der Waals surface area contributed by atoms with Crippen molar-refractivity contribution >= 4 is 39.1 Å². The smallest absolute Gasteiger partial charge is 0.251 e. The lowest BCUT2D eigenvalue weighted by molar-refractivity contribution is 0.0945. The Hall–Kier alpha value is -2.11. The van der Waals surface area contributed by atoms with Crippen molar-refractivity contribution in [1.82, 2.24) is 10.0 Å². The van der Waals surface area contributed by atoms with Gasteiger partial charge in [-0.25, -0.2) is 13.1 Å². The molecule has 0 unspecified atom stereocenters. The van der Waals surface area contributed by atoms with Gasteiger partial charge in [-0.1, -0.05) is 43.1 Å². The Balaban J connectivity index is 2.03. The number of benzene rings is 2. The first kappa shape index (κ1) is 23.2. The first-order chi connectivity index (χ1) is 13.6. The molecule has 0 saturated heterocycles. The molecule has 0 radical (unpaired) electrons. The highest BCUT2D eigenvalue weighted by molar-refractivity contribution is 7.89. The predicted molar refractivity (Wildman–Crippen MR) is 114 cm³/mol. The zero-order chi connectivity index (χ0) is 21.7. The maximum atomic E-state index is 12.5. The minimum absolute atomic E-state index is 0.0307. The maximum absolute atomic E-state index is 12.5. The van der Waals surface area contributed by atoms with Gasteiger partial charge in [0.25, 0.3) is 5.91 Å². The van der Waals surface area contributed by atoms with E-state index in [0.717, 1.165) is 5.56 Å². The van der Waals surface area contributed by atoms with Crippen LogP contribution in [0, 0.1) is 11.3 Å². The van der Waals surface area contributed by atoms with Crippen molar-refractivity contribution in [1.29, 1.82) is 5.26 Å². The number of carbonyl (C=O) groups is 1. The minimum Gasteiger partial charge on any atom is -0.351 e. The van der Waals surface area contributed by atoms with E-state index >= 15 is 0 Å². The number of halogens is 2. The van der Waals surface area contributed by atoms with E-state index in [-0.39, 0.29) is 23.8 Å². The molecular formula is C20H21Cl2N3O3S. The van der Waals surface area contributed by atoms with Gasteiger partial charge in [0, 0.05) is 30.5 Å². The molecular weight excluding hydrogens is 433 g/mol. The van der Waals surface area contributed by atoms with Crippen LogP contribution < -0.4 is 10.0 Å². The minimum atomic E-state index is -3.71. The number of rotatable bonds is 8. The van der Waals surface area contributed by atoms with Gasteiger partial charge in [-0.3, -0.25) is 4.79 Å². The van der Waals surface area contributed by atoms with Crippen LogP contribution in [0.25, 0.3) is 0 Å². The van der Waals surface area contributed by atoms with Crippen molar-refractivity contribution in [3.8, 4) is 6.07 Å². The van der Waals surface area contributed by atoms with E-state index in [0.29, 0.717) is 22.2 Å². The summed E-state index contributed by atoms with van der Waals surface area (Å²) >= 11 is 12.0. The summed E-state index contributed by atoms with van der Waals surface area (Å²) in [7, 11) is -3.71. The van der Waals surface area contributed by atoms with Crippen LogP contribution in [-0.2, 0) is 15.4 Å². The van der Waals surface area contributed by atoms with Crippen molar-refractivity contribution < 1.29 is 13.2 Å². The molecule has 0 heterocycles. The Kier molecular flexibility index (Phi) is 7.66. The molecule has 2 aromatic rings. The SMILES string of the molecule is CC(C)(CNC(=O)c1ccc(S(=O)(=O)NCCC#N)cc1)c1ccc(Cl)c(Cl)c1. The molecule has 0 spiro atoms. The number of hydrogen-bond donors (Lipinski definition) is 2. The number of nitrogens with one attached hydrogen (secondary N) is 2. The summed E-state index contributed by atoms with van der Waals surface area (Å²) in [4.78, 5) is 12.5. The molecule has 2 rings (SSSR count). The lowest BCUT2D eigenvalue weighted by atomic mass is 9.84. The summed E-state index contributed by atoms with van der Waals surface area (Å²) in [5.74, 6) is -0.320. The van der Waals surface area contributed by atoms with E-state index in [1.807, 2.05) is 26.0 Å². The van der Waals surface area contributed by atoms with E-state index in [9.17, 15) is 13.2 Å². The largest absolute Gasteiger partial charge is 0.351 e. The van der Waals surface area contributed by atoms with Crippen molar-refractivity contribution in [3.05, 3.63) is 63.6 Å². The molecule has 0 aromatic heterocycles. The van der Waals surface area contributed by atoms with Crippen molar-refractivity contribution in [2.45, 2.75) is 30.6 Å². The number of carbonyl (C=O) groups excluding carboxylic acids is 1.